The Morgan fingerprint density at radius 1 is 1.39 bits per heavy atom. The molecule has 1 rings (SSSR count). The van der Waals surface area contributed by atoms with E-state index in [0.29, 0.717) is 13.0 Å². The van der Waals surface area contributed by atoms with Crippen LogP contribution in [-0.4, -0.2) is 33.6 Å². The molecule has 0 unspecified atom stereocenters. The zero-order valence-electron chi connectivity index (χ0n) is 10.6. The second-order valence-corrected chi connectivity index (χ2v) is 7.19. The van der Waals surface area contributed by atoms with Gasteiger partial charge in [-0.15, -0.1) is 0 Å². The quantitative estimate of drug-likeness (QED) is 0.778. The summed E-state index contributed by atoms with van der Waals surface area (Å²) in [5, 5.41) is 3.19. The van der Waals surface area contributed by atoms with Crippen molar-refractivity contribution >= 4 is 31.5 Å². The monoisotopic (exact) mass is 335 g/mol. The highest BCUT2D eigenvalue weighted by molar-refractivity contribution is 9.10. The lowest BCUT2D eigenvalue weighted by Crippen LogP contribution is -2.13. The highest BCUT2D eigenvalue weighted by Gasteiger charge is 2.07. The molecule has 1 aromatic carbocycles. The van der Waals surface area contributed by atoms with Crippen molar-refractivity contribution in [1.29, 1.82) is 0 Å². The third-order valence-electron chi connectivity index (χ3n) is 2.56. The fourth-order valence-corrected chi connectivity index (χ4v) is 2.69. The summed E-state index contributed by atoms with van der Waals surface area (Å²) in [6.45, 7) is 2.28. The van der Waals surface area contributed by atoms with Gasteiger partial charge in [-0.25, -0.2) is 8.42 Å². The largest absolute Gasteiger partial charge is 0.497 e. The maximum atomic E-state index is 11.3. The van der Waals surface area contributed by atoms with Gasteiger partial charge in [0.2, 0.25) is 0 Å². The van der Waals surface area contributed by atoms with E-state index < -0.39 is 9.84 Å². The molecule has 4 nitrogen and oxygen atoms in total. The van der Waals surface area contributed by atoms with Gasteiger partial charge in [0, 0.05) is 22.8 Å². The number of methoxy groups -OCH3 is 1. The van der Waals surface area contributed by atoms with Crippen molar-refractivity contribution in [2.45, 2.75) is 13.3 Å². The highest BCUT2D eigenvalue weighted by atomic mass is 79.9. The lowest BCUT2D eigenvalue weighted by atomic mass is 10.3. The predicted molar refractivity (Wildman–Crippen MR) is 78.1 cm³/mol. The molecule has 0 heterocycles. The summed E-state index contributed by atoms with van der Waals surface area (Å²) in [6, 6.07) is 5.62. The molecule has 0 saturated carbocycles. The molecule has 0 aliphatic rings. The number of ether oxygens (including phenoxy) is 1. The molecule has 0 aliphatic heterocycles. The lowest BCUT2D eigenvalue weighted by Gasteiger charge is -2.10. The van der Waals surface area contributed by atoms with Gasteiger partial charge in [0.1, 0.15) is 15.6 Å². The van der Waals surface area contributed by atoms with Crippen LogP contribution in [0.2, 0.25) is 0 Å². The minimum absolute atomic E-state index is 0.204. The third kappa shape index (κ3) is 4.86. The minimum Gasteiger partial charge on any atom is -0.497 e. The third-order valence-corrected chi connectivity index (χ3v) is 5.04. The molecule has 0 aliphatic carbocycles. The zero-order valence-corrected chi connectivity index (χ0v) is 13.0. The molecule has 0 saturated heterocycles. The first kappa shape index (κ1) is 15.3. The number of anilines is 1. The molecular weight excluding hydrogens is 318 g/mol. The van der Waals surface area contributed by atoms with E-state index >= 15 is 0 Å². The number of halogens is 1. The molecule has 102 valence electrons. The summed E-state index contributed by atoms with van der Waals surface area (Å²) in [4.78, 5) is 0. The predicted octanol–water partition coefficient (Wildman–Crippen LogP) is 2.69. The Labute approximate surface area is 117 Å². The zero-order chi connectivity index (χ0) is 13.6. The smallest absolute Gasteiger partial charge is 0.150 e. The summed E-state index contributed by atoms with van der Waals surface area (Å²) in [6.07, 6.45) is 0.597. The second-order valence-electron chi connectivity index (χ2n) is 3.86. The maximum absolute atomic E-state index is 11.3. The van der Waals surface area contributed by atoms with Crippen LogP contribution in [0.1, 0.15) is 13.3 Å². The average Bonchev–Trinajstić information content (AvgIpc) is 2.36. The van der Waals surface area contributed by atoms with E-state index in [-0.39, 0.29) is 11.5 Å². The molecule has 1 N–H and O–H groups in total. The van der Waals surface area contributed by atoms with Gasteiger partial charge in [0.05, 0.1) is 18.6 Å². The Morgan fingerprint density at radius 2 is 2.11 bits per heavy atom. The van der Waals surface area contributed by atoms with Gasteiger partial charge in [-0.3, -0.25) is 0 Å². The van der Waals surface area contributed by atoms with Gasteiger partial charge >= 0.3 is 0 Å². The Kier molecular flexibility index (Phi) is 5.95. The highest BCUT2D eigenvalue weighted by Crippen LogP contribution is 2.26. The van der Waals surface area contributed by atoms with Crippen LogP contribution in [0.3, 0.4) is 0 Å². The van der Waals surface area contributed by atoms with Gasteiger partial charge in [0.25, 0.3) is 0 Å². The van der Waals surface area contributed by atoms with Crippen molar-refractivity contribution in [1.82, 2.24) is 0 Å². The molecule has 6 heteroatoms. The SMILES string of the molecule is CCS(=O)(=O)CCCNc1cc(OC)ccc1Br. The average molecular weight is 336 g/mol. The normalized spacial score (nSPS) is 11.3. The standard InChI is InChI=1S/C12H18BrNO3S/c1-3-18(15,16)8-4-7-14-12-9-10(17-2)5-6-11(12)13/h5-6,9,14H,3-4,7-8H2,1-2H3. The van der Waals surface area contributed by atoms with Gasteiger partial charge in [-0.2, -0.15) is 0 Å². The van der Waals surface area contributed by atoms with Crippen LogP contribution in [0.25, 0.3) is 0 Å². The summed E-state index contributed by atoms with van der Waals surface area (Å²) < 4.78 is 28.7. The fraction of sp³-hybridized carbons (Fsp3) is 0.500. The van der Waals surface area contributed by atoms with E-state index in [1.54, 1.807) is 14.0 Å². The van der Waals surface area contributed by atoms with Crippen LogP contribution in [0, 0.1) is 0 Å². The van der Waals surface area contributed by atoms with E-state index in [1.807, 2.05) is 18.2 Å². The van der Waals surface area contributed by atoms with Crippen LogP contribution < -0.4 is 10.1 Å². The number of nitrogens with one attached hydrogen (secondary N) is 1. The van der Waals surface area contributed by atoms with Crippen LogP contribution in [0.15, 0.2) is 22.7 Å². The first-order chi connectivity index (χ1) is 8.48. The molecule has 1 aromatic rings. The van der Waals surface area contributed by atoms with Gasteiger partial charge in [0.15, 0.2) is 0 Å². The second kappa shape index (κ2) is 6.99. The fourth-order valence-electron chi connectivity index (χ4n) is 1.43. The minimum atomic E-state index is -2.87. The molecule has 0 amide bonds. The number of benzene rings is 1. The van der Waals surface area contributed by atoms with Crippen molar-refractivity contribution in [3.8, 4) is 5.75 Å². The number of rotatable bonds is 7. The van der Waals surface area contributed by atoms with Crippen LogP contribution in [0.5, 0.6) is 5.75 Å². The molecule has 0 spiro atoms. The van der Waals surface area contributed by atoms with Gasteiger partial charge in [-0.05, 0) is 34.5 Å². The summed E-state index contributed by atoms with van der Waals surface area (Å²) >= 11 is 3.43. The molecule has 0 aromatic heterocycles. The molecule has 0 fully saturated rings. The van der Waals surface area contributed by atoms with E-state index in [0.717, 1.165) is 15.9 Å². The first-order valence-corrected chi connectivity index (χ1v) is 8.38. The van der Waals surface area contributed by atoms with Crippen molar-refractivity contribution < 1.29 is 13.2 Å². The Morgan fingerprint density at radius 3 is 2.72 bits per heavy atom. The first-order valence-electron chi connectivity index (χ1n) is 5.76. The molecule has 0 bridgehead atoms. The van der Waals surface area contributed by atoms with Gasteiger partial charge in [-0.1, -0.05) is 6.92 Å². The van der Waals surface area contributed by atoms with Crippen molar-refractivity contribution in [3.63, 3.8) is 0 Å². The lowest BCUT2D eigenvalue weighted by molar-refractivity contribution is 0.415. The molecular formula is C12H18BrNO3S. The van der Waals surface area contributed by atoms with E-state index in [2.05, 4.69) is 21.2 Å². The Bertz CT molecular complexity index is 488. The topological polar surface area (TPSA) is 55.4 Å². The van der Waals surface area contributed by atoms with Crippen LogP contribution in [0.4, 0.5) is 5.69 Å². The van der Waals surface area contributed by atoms with Crippen molar-refractivity contribution in [2.75, 3.05) is 30.5 Å². The Balaban J connectivity index is 2.49. The number of hydrogen-bond donors (Lipinski definition) is 1. The van der Waals surface area contributed by atoms with E-state index in [1.165, 1.54) is 0 Å². The number of sulfone groups is 1. The van der Waals surface area contributed by atoms with E-state index in [9.17, 15) is 8.42 Å². The summed E-state index contributed by atoms with van der Waals surface area (Å²) in [5.41, 5.74) is 0.906. The number of hydrogen-bond acceptors (Lipinski definition) is 4. The van der Waals surface area contributed by atoms with Crippen LogP contribution >= 0.6 is 15.9 Å². The molecule has 18 heavy (non-hydrogen) atoms. The van der Waals surface area contributed by atoms with Gasteiger partial charge < -0.3 is 10.1 Å². The van der Waals surface area contributed by atoms with E-state index in [4.69, 9.17) is 4.74 Å². The Hall–Kier alpha value is -0.750. The van der Waals surface area contributed by atoms with Crippen molar-refractivity contribution in [2.24, 2.45) is 0 Å². The summed E-state index contributed by atoms with van der Waals surface area (Å²) in [5.74, 6) is 1.19. The van der Waals surface area contributed by atoms with Crippen LogP contribution in [-0.2, 0) is 9.84 Å². The molecule has 0 atom stereocenters. The molecule has 0 radical (unpaired) electrons. The summed E-state index contributed by atoms with van der Waals surface area (Å²) in [7, 11) is -1.26. The van der Waals surface area contributed by atoms with Crippen molar-refractivity contribution in [3.05, 3.63) is 22.7 Å². The maximum Gasteiger partial charge on any atom is 0.150 e.